The molecule has 1 aromatic rings. The molecule has 0 unspecified atom stereocenters. The number of nitrogens with one attached hydrogen (secondary N) is 1. The van der Waals surface area contributed by atoms with Gasteiger partial charge in [-0.2, -0.15) is 5.48 Å². The largest absolute Gasteiger partial charge is 0.497 e. The van der Waals surface area contributed by atoms with E-state index in [-0.39, 0.29) is 17.9 Å². The molecule has 1 rings (SSSR count). The number of halogens is 2. The van der Waals surface area contributed by atoms with E-state index in [0.29, 0.717) is 0 Å². The van der Waals surface area contributed by atoms with Crippen LogP contribution in [-0.4, -0.2) is 14.2 Å². The van der Waals surface area contributed by atoms with E-state index in [2.05, 4.69) is 10.3 Å². The first-order valence-corrected chi connectivity index (χ1v) is 3.96. The minimum atomic E-state index is -0.661. The van der Waals surface area contributed by atoms with Crippen LogP contribution < -0.4 is 10.2 Å². The van der Waals surface area contributed by atoms with Gasteiger partial charge in [-0.15, -0.1) is 0 Å². The van der Waals surface area contributed by atoms with E-state index in [9.17, 15) is 8.78 Å². The van der Waals surface area contributed by atoms with Crippen molar-refractivity contribution in [3.63, 3.8) is 0 Å². The number of rotatable bonds is 4. The van der Waals surface area contributed by atoms with Crippen molar-refractivity contribution in [1.82, 2.24) is 5.48 Å². The lowest BCUT2D eigenvalue weighted by molar-refractivity contribution is 0.0850. The minimum absolute atomic E-state index is 0.0296. The lowest BCUT2D eigenvalue weighted by atomic mass is 10.2. The molecule has 0 atom stereocenters. The lowest BCUT2D eigenvalue weighted by Gasteiger charge is -2.07. The molecule has 0 radical (unpaired) electrons. The summed E-state index contributed by atoms with van der Waals surface area (Å²) in [5.74, 6) is -1.17. The monoisotopic (exact) mass is 203 g/mol. The molecule has 0 aliphatic carbocycles. The molecular formula is C9H11F2NO2. The highest BCUT2D eigenvalue weighted by Gasteiger charge is 2.10. The van der Waals surface area contributed by atoms with Gasteiger partial charge in [-0.05, 0) is 0 Å². The smallest absolute Gasteiger partial charge is 0.134 e. The van der Waals surface area contributed by atoms with Crippen molar-refractivity contribution in [3.05, 3.63) is 29.3 Å². The number of ether oxygens (including phenoxy) is 1. The van der Waals surface area contributed by atoms with E-state index in [4.69, 9.17) is 4.74 Å². The van der Waals surface area contributed by atoms with E-state index < -0.39 is 11.6 Å². The van der Waals surface area contributed by atoms with Crippen molar-refractivity contribution in [3.8, 4) is 5.75 Å². The molecule has 0 saturated carbocycles. The average Bonchev–Trinajstić information content (AvgIpc) is 2.16. The Morgan fingerprint density at radius 1 is 1.21 bits per heavy atom. The van der Waals surface area contributed by atoms with E-state index in [1.165, 1.54) is 14.2 Å². The summed E-state index contributed by atoms with van der Waals surface area (Å²) in [5, 5.41) is 0. The van der Waals surface area contributed by atoms with Gasteiger partial charge in [0.1, 0.15) is 17.4 Å². The first-order valence-electron chi connectivity index (χ1n) is 3.96. The fourth-order valence-corrected chi connectivity index (χ4v) is 1.01. The molecule has 1 N–H and O–H groups in total. The van der Waals surface area contributed by atoms with Gasteiger partial charge in [0.25, 0.3) is 0 Å². The maximum absolute atomic E-state index is 13.2. The molecule has 0 saturated heterocycles. The van der Waals surface area contributed by atoms with Crippen molar-refractivity contribution >= 4 is 0 Å². The van der Waals surface area contributed by atoms with Crippen molar-refractivity contribution in [2.24, 2.45) is 0 Å². The number of hydroxylamine groups is 1. The second-order valence-corrected chi connectivity index (χ2v) is 2.59. The quantitative estimate of drug-likeness (QED) is 0.754. The van der Waals surface area contributed by atoms with Gasteiger partial charge in [-0.25, -0.2) is 8.78 Å². The molecule has 0 amide bonds. The molecule has 14 heavy (non-hydrogen) atoms. The van der Waals surface area contributed by atoms with Crippen LogP contribution in [0, 0.1) is 11.6 Å². The fraction of sp³-hybridized carbons (Fsp3) is 0.333. The molecule has 5 heteroatoms. The number of hydrogen-bond acceptors (Lipinski definition) is 3. The topological polar surface area (TPSA) is 30.5 Å². The third-order valence-electron chi connectivity index (χ3n) is 1.74. The van der Waals surface area contributed by atoms with Gasteiger partial charge >= 0.3 is 0 Å². The summed E-state index contributed by atoms with van der Waals surface area (Å²) in [6, 6.07) is 2.24. The highest BCUT2D eigenvalue weighted by atomic mass is 19.1. The van der Waals surface area contributed by atoms with Crippen LogP contribution in [0.3, 0.4) is 0 Å². The van der Waals surface area contributed by atoms with Gasteiger partial charge < -0.3 is 9.57 Å². The molecule has 0 fully saturated rings. The lowest BCUT2D eigenvalue weighted by Crippen LogP contribution is -2.13. The molecule has 0 heterocycles. The summed E-state index contributed by atoms with van der Waals surface area (Å²) in [6.45, 7) is -0.0296. The van der Waals surface area contributed by atoms with Gasteiger partial charge in [0.2, 0.25) is 0 Å². The third kappa shape index (κ3) is 2.40. The van der Waals surface area contributed by atoms with Crippen LogP contribution in [0.4, 0.5) is 8.78 Å². The Morgan fingerprint density at radius 2 is 1.79 bits per heavy atom. The number of methoxy groups -OCH3 is 1. The van der Waals surface area contributed by atoms with Gasteiger partial charge in [-0.1, -0.05) is 0 Å². The molecule has 0 bridgehead atoms. The van der Waals surface area contributed by atoms with Gasteiger partial charge in [0, 0.05) is 17.7 Å². The van der Waals surface area contributed by atoms with Gasteiger partial charge in [0.05, 0.1) is 20.8 Å². The Labute approximate surface area is 80.6 Å². The third-order valence-corrected chi connectivity index (χ3v) is 1.74. The predicted molar refractivity (Wildman–Crippen MR) is 46.8 cm³/mol. The maximum atomic E-state index is 13.2. The zero-order valence-corrected chi connectivity index (χ0v) is 7.93. The predicted octanol–water partition coefficient (Wildman–Crippen LogP) is 1.62. The molecule has 0 spiro atoms. The SMILES string of the molecule is CONCc1c(F)cc(OC)cc1F. The molecule has 3 nitrogen and oxygen atoms in total. The minimum Gasteiger partial charge on any atom is -0.497 e. The fourth-order valence-electron chi connectivity index (χ4n) is 1.01. The zero-order valence-electron chi connectivity index (χ0n) is 7.93. The van der Waals surface area contributed by atoms with Crippen molar-refractivity contribution < 1.29 is 18.4 Å². The molecule has 0 aliphatic heterocycles. The van der Waals surface area contributed by atoms with Crippen LogP contribution in [0.25, 0.3) is 0 Å². The highest BCUT2D eigenvalue weighted by molar-refractivity contribution is 5.30. The normalized spacial score (nSPS) is 10.3. The second-order valence-electron chi connectivity index (χ2n) is 2.59. The summed E-state index contributed by atoms with van der Waals surface area (Å²) in [6.07, 6.45) is 0. The summed E-state index contributed by atoms with van der Waals surface area (Å²) >= 11 is 0. The molecule has 1 aromatic carbocycles. The van der Waals surface area contributed by atoms with Crippen LogP contribution in [0.2, 0.25) is 0 Å². The molecular weight excluding hydrogens is 192 g/mol. The van der Waals surface area contributed by atoms with Crippen LogP contribution in [0.1, 0.15) is 5.56 Å². The second kappa shape index (κ2) is 4.88. The van der Waals surface area contributed by atoms with E-state index in [1.807, 2.05) is 0 Å². The van der Waals surface area contributed by atoms with E-state index in [0.717, 1.165) is 12.1 Å². The Hall–Kier alpha value is -1.20. The first-order chi connectivity index (χ1) is 6.69. The number of benzene rings is 1. The van der Waals surface area contributed by atoms with Crippen LogP contribution in [0.5, 0.6) is 5.75 Å². The Morgan fingerprint density at radius 3 is 2.21 bits per heavy atom. The highest BCUT2D eigenvalue weighted by Crippen LogP contribution is 2.20. The van der Waals surface area contributed by atoms with Crippen molar-refractivity contribution in [2.45, 2.75) is 6.54 Å². The van der Waals surface area contributed by atoms with Gasteiger partial charge in [0.15, 0.2) is 0 Å². The molecule has 78 valence electrons. The first kappa shape index (κ1) is 10.9. The summed E-state index contributed by atoms with van der Waals surface area (Å²) in [4.78, 5) is 4.50. The standard InChI is InChI=1S/C9H11F2NO2/c1-13-6-3-8(10)7(5-12-14-2)9(11)4-6/h3-4,12H,5H2,1-2H3. The summed E-state index contributed by atoms with van der Waals surface area (Å²) in [7, 11) is 2.72. The summed E-state index contributed by atoms with van der Waals surface area (Å²) in [5.41, 5.74) is 2.29. The average molecular weight is 203 g/mol. The molecule has 0 aliphatic rings. The van der Waals surface area contributed by atoms with Gasteiger partial charge in [-0.3, -0.25) is 0 Å². The Bertz CT molecular complexity index is 295. The number of hydrogen-bond donors (Lipinski definition) is 1. The Kier molecular flexibility index (Phi) is 3.79. The zero-order chi connectivity index (χ0) is 10.6. The van der Waals surface area contributed by atoms with E-state index >= 15 is 0 Å². The summed E-state index contributed by atoms with van der Waals surface area (Å²) < 4.78 is 31.1. The van der Waals surface area contributed by atoms with Crippen molar-refractivity contribution in [1.29, 1.82) is 0 Å². The maximum Gasteiger partial charge on any atom is 0.134 e. The van der Waals surface area contributed by atoms with Crippen molar-refractivity contribution in [2.75, 3.05) is 14.2 Å². The Balaban J connectivity index is 2.93. The van der Waals surface area contributed by atoms with Crippen LogP contribution in [0.15, 0.2) is 12.1 Å². The molecule has 0 aromatic heterocycles. The van der Waals surface area contributed by atoms with Crippen LogP contribution in [-0.2, 0) is 11.4 Å². The van der Waals surface area contributed by atoms with Crippen LogP contribution >= 0.6 is 0 Å². The van der Waals surface area contributed by atoms with E-state index in [1.54, 1.807) is 0 Å².